The molecule has 8 nitrogen and oxygen atoms in total. The van der Waals surface area contributed by atoms with E-state index in [2.05, 4.69) is 73.0 Å². The molecule has 0 aliphatic carbocycles. The van der Waals surface area contributed by atoms with Gasteiger partial charge in [-0.3, -0.25) is 14.6 Å². The van der Waals surface area contributed by atoms with Gasteiger partial charge in [-0.2, -0.15) is 0 Å². The average molecular weight is 610 g/mol. The van der Waals surface area contributed by atoms with Crippen LogP contribution in [0.25, 0.3) is 22.2 Å². The predicted molar refractivity (Wildman–Crippen MR) is 185 cm³/mol. The van der Waals surface area contributed by atoms with E-state index in [9.17, 15) is 9.59 Å². The molecule has 0 spiro atoms. The van der Waals surface area contributed by atoms with E-state index in [4.69, 9.17) is 4.74 Å². The van der Waals surface area contributed by atoms with Crippen molar-refractivity contribution >= 4 is 28.4 Å². The number of likely N-dealkylation sites (tertiary alicyclic amines) is 1. The number of ether oxygens (including phenoxy) is 1. The number of carbonyl (C=O) groups is 1. The Balaban J connectivity index is 1.59. The maximum absolute atomic E-state index is 14.4. The monoisotopic (exact) mass is 609 g/mol. The summed E-state index contributed by atoms with van der Waals surface area (Å²) in [5, 5.41) is 4.02. The molecule has 0 atom stereocenters. The van der Waals surface area contributed by atoms with Crippen LogP contribution in [0.1, 0.15) is 83.3 Å². The standard InChI is InChI=1S/C37H47N5O3/c1-6-7-21-42(37(44)39-33-29(25(2)3)15-11-16-30(33)26(4)5)34-32(31-17-12-18-38-35(31)40-36(34)43)27-13-10-14-28(24-27)45-23-22-41-19-8-9-20-41/h10-18,24-26H,6-9,19-23H2,1-5H3,(H,39,44)(H,38,40,43). The lowest BCUT2D eigenvalue weighted by molar-refractivity contribution is 0.238. The Labute approximate surface area is 266 Å². The molecule has 5 rings (SSSR count). The zero-order chi connectivity index (χ0) is 31.9. The molecule has 8 heteroatoms. The van der Waals surface area contributed by atoms with E-state index < -0.39 is 0 Å². The highest BCUT2D eigenvalue weighted by atomic mass is 16.5. The highest BCUT2D eigenvalue weighted by Crippen LogP contribution is 2.37. The van der Waals surface area contributed by atoms with Crippen molar-refractivity contribution in [2.24, 2.45) is 0 Å². The number of H-pyrrole nitrogens is 1. The van der Waals surface area contributed by atoms with Crippen LogP contribution in [-0.4, -0.2) is 53.7 Å². The van der Waals surface area contributed by atoms with Crippen LogP contribution in [0.3, 0.4) is 0 Å². The number of carbonyl (C=O) groups excluding carboxylic acids is 1. The van der Waals surface area contributed by atoms with Gasteiger partial charge in [-0.1, -0.05) is 71.4 Å². The molecule has 2 aromatic heterocycles. The van der Waals surface area contributed by atoms with Gasteiger partial charge in [0.2, 0.25) is 0 Å². The van der Waals surface area contributed by atoms with Crippen molar-refractivity contribution in [3.63, 3.8) is 0 Å². The fraction of sp³-hybridized carbons (Fsp3) is 0.432. The van der Waals surface area contributed by atoms with E-state index in [1.165, 1.54) is 12.8 Å². The van der Waals surface area contributed by atoms with E-state index in [1.807, 2.05) is 36.4 Å². The topological polar surface area (TPSA) is 90.6 Å². The van der Waals surface area contributed by atoms with Gasteiger partial charge in [0.1, 0.15) is 23.7 Å². The Bertz CT molecular complexity index is 1650. The molecule has 45 heavy (non-hydrogen) atoms. The number of pyridine rings is 2. The maximum atomic E-state index is 14.4. The van der Waals surface area contributed by atoms with Gasteiger partial charge in [-0.25, -0.2) is 9.78 Å². The minimum Gasteiger partial charge on any atom is -0.492 e. The highest BCUT2D eigenvalue weighted by Gasteiger charge is 2.27. The molecule has 0 bridgehead atoms. The van der Waals surface area contributed by atoms with E-state index in [1.54, 1.807) is 11.1 Å². The third-order valence-electron chi connectivity index (χ3n) is 8.61. The van der Waals surface area contributed by atoms with Crippen molar-refractivity contribution in [1.82, 2.24) is 14.9 Å². The quantitative estimate of drug-likeness (QED) is 0.169. The number of aromatic amines is 1. The number of fused-ring (bicyclic) bond motifs is 1. The number of aromatic nitrogens is 2. The first-order valence-corrected chi connectivity index (χ1v) is 16.5. The summed E-state index contributed by atoms with van der Waals surface area (Å²) >= 11 is 0. The van der Waals surface area contributed by atoms with Gasteiger partial charge in [-0.05, 0) is 85.1 Å². The van der Waals surface area contributed by atoms with Crippen molar-refractivity contribution in [1.29, 1.82) is 0 Å². The fourth-order valence-electron chi connectivity index (χ4n) is 6.21. The predicted octanol–water partition coefficient (Wildman–Crippen LogP) is 8.15. The number of para-hydroxylation sites is 1. The summed E-state index contributed by atoms with van der Waals surface area (Å²) in [6.07, 6.45) is 5.75. The van der Waals surface area contributed by atoms with Crippen LogP contribution in [0.4, 0.5) is 16.2 Å². The van der Waals surface area contributed by atoms with E-state index in [0.717, 1.165) is 66.0 Å². The number of rotatable bonds is 12. The number of urea groups is 1. The second kappa shape index (κ2) is 14.7. The molecule has 0 unspecified atom stereocenters. The first-order valence-electron chi connectivity index (χ1n) is 16.5. The SMILES string of the molecule is CCCCN(C(=O)Nc1c(C(C)C)cccc1C(C)C)c1c(-c2cccc(OCCN3CCCC3)c2)c2cccnc2[nH]c1=O. The molecule has 2 aromatic carbocycles. The van der Waals surface area contributed by atoms with Crippen LogP contribution in [0.2, 0.25) is 0 Å². The van der Waals surface area contributed by atoms with Crippen LogP contribution in [0.15, 0.2) is 65.6 Å². The summed E-state index contributed by atoms with van der Waals surface area (Å²) in [5.41, 5.74) is 4.86. The Morgan fingerprint density at radius 2 is 1.73 bits per heavy atom. The molecule has 0 saturated carbocycles. The average Bonchev–Trinajstić information content (AvgIpc) is 3.55. The Morgan fingerprint density at radius 3 is 2.42 bits per heavy atom. The number of anilines is 2. The molecule has 4 aromatic rings. The lowest BCUT2D eigenvalue weighted by atomic mass is 9.92. The second-order valence-corrected chi connectivity index (χ2v) is 12.6. The van der Waals surface area contributed by atoms with Crippen molar-refractivity contribution in [2.75, 3.05) is 43.0 Å². The van der Waals surface area contributed by atoms with Crippen LogP contribution < -0.4 is 20.5 Å². The second-order valence-electron chi connectivity index (χ2n) is 12.6. The number of nitrogens with one attached hydrogen (secondary N) is 2. The Hall–Kier alpha value is -4.17. The lowest BCUT2D eigenvalue weighted by Gasteiger charge is -2.28. The third kappa shape index (κ3) is 7.39. The lowest BCUT2D eigenvalue weighted by Crippen LogP contribution is -2.40. The maximum Gasteiger partial charge on any atom is 0.326 e. The number of nitrogens with zero attached hydrogens (tertiary/aromatic N) is 3. The smallest absolute Gasteiger partial charge is 0.326 e. The molecule has 2 N–H and O–H groups in total. The van der Waals surface area contributed by atoms with Gasteiger partial charge in [0, 0.05) is 35.9 Å². The number of hydrogen-bond acceptors (Lipinski definition) is 5. The molecule has 238 valence electrons. The van der Waals surface area contributed by atoms with Crippen LogP contribution in [-0.2, 0) is 0 Å². The van der Waals surface area contributed by atoms with Crippen molar-refractivity contribution in [3.05, 3.63) is 82.3 Å². The normalized spacial score (nSPS) is 13.6. The first kappa shape index (κ1) is 32.2. The van der Waals surface area contributed by atoms with Gasteiger partial charge in [0.25, 0.3) is 5.56 Å². The molecule has 1 aliphatic heterocycles. The van der Waals surface area contributed by atoms with E-state index in [0.29, 0.717) is 30.0 Å². The number of benzene rings is 2. The molecular weight excluding hydrogens is 562 g/mol. The van der Waals surface area contributed by atoms with Crippen LogP contribution >= 0.6 is 0 Å². The minimum absolute atomic E-state index is 0.210. The molecule has 1 fully saturated rings. The minimum atomic E-state index is -0.357. The van der Waals surface area contributed by atoms with Crippen LogP contribution in [0, 0.1) is 0 Å². The highest BCUT2D eigenvalue weighted by molar-refractivity contribution is 6.09. The van der Waals surface area contributed by atoms with Crippen molar-refractivity contribution < 1.29 is 9.53 Å². The molecular formula is C37H47N5O3. The van der Waals surface area contributed by atoms with Crippen molar-refractivity contribution in [3.8, 4) is 16.9 Å². The summed E-state index contributed by atoms with van der Waals surface area (Å²) in [7, 11) is 0. The van der Waals surface area contributed by atoms with Gasteiger partial charge >= 0.3 is 6.03 Å². The summed E-state index contributed by atoms with van der Waals surface area (Å²) in [4.78, 5) is 39.8. The molecule has 2 amide bonds. The van der Waals surface area contributed by atoms with Crippen molar-refractivity contribution in [2.45, 2.75) is 72.1 Å². The molecule has 0 radical (unpaired) electrons. The van der Waals surface area contributed by atoms with Crippen LogP contribution in [0.5, 0.6) is 5.75 Å². The Morgan fingerprint density at radius 1 is 1.02 bits per heavy atom. The summed E-state index contributed by atoms with van der Waals surface area (Å²) in [6, 6.07) is 17.5. The summed E-state index contributed by atoms with van der Waals surface area (Å²) in [6.45, 7) is 14.7. The summed E-state index contributed by atoms with van der Waals surface area (Å²) < 4.78 is 6.20. The zero-order valence-corrected chi connectivity index (χ0v) is 27.4. The molecule has 1 saturated heterocycles. The Kier molecular flexibility index (Phi) is 10.6. The van der Waals surface area contributed by atoms with E-state index in [-0.39, 0.29) is 23.4 Å². The first-order chi connectivity index (χ1) is 21.8. The summed E-state index contributed by atoms with van der Waals surface area (Å²) in [5.74, 6) is 1.15. The van der Waals surface area contributed by atoms with Gasteiger partial charge in [0.05, 0.1) is 0 Å². The van der Waals surface area contributed by atoms with Gasteiger partial charge in [-0.15, -0.1) is 0 Å². The van der Waals surface area contributed by atoms with Gasteiger partial charge in [0.15, 0.2) is 0 Å². The largest absolute Gasteiger partial charge is 0.492 e. The van der Waals surface area contributed by atoms with E-state index >= 15 is 0 Å². The number of hydrogen-bond donors (Lipinski definition) is 2. The fourth-order valence-corrected chi connectivity index (χ4v) is 6.21. The molecule has 3 heterocycles. The molecule has 1 aliphatic rings. The third-order valence-corrected chi connectivity index (χ3v) is 8.61. The zero-order valence-electron chi connectivity index (χ0n) is 27.4. The number of amides is 2. The number of unbranched alkanes of at least 4 members (excludes halogenated alkanes) is 1. The van der Waals surface area contributed by atoms with Gasteiger partial charge < -0.3 is 15.0 Å².